The van der Waals surface area contributed by atoms with Gasteiger partial charge < -0.3 is 9.47 Å². The fraction of sp³-hybridized carbons (Fsp3) is 0.200. The molecule has 0 saturated carbocycles. The van der Waals surface area contributed by atoms with E-state index in [0.29, 0.717) is 33.9 Å². The highest BCUT2D eigenvalue weighted by Crippen LogP contribution is 2.39. The summed E-state index contributed by atoms with van der Waals surface area (Å²) < 4.78 is 13.9. The Balaban J connectivity index is 1.56. The first-order chi connectivity index (χ1) is 17.3. The molecule has 0 radical (unpaired) electrons. The highest BCUT2D eigenvalue weighted by Gasteiger charge is 2.24. The van der Waals surface area contributed by atoms with Crippen LogP contribution in [-0.4, -0.2) is 33.3 Å². The van der Waals surface area contributed by atoms with Crippen LogP contribution in [0.5, 0.6) is 11.5 Å². The molecule has 0 saturated heterocycles. The van der Waals surface area contributed by atoms with Crippen LogP contribution in [0.25, 0.3) is 5.69 Å². The van der Waals surface area contributed by atoms with E-state index in [0.717, 1.165) is 21.5 Å². The van der Waals surface area contributed by atoms with Crippen LogP contribution in [-0.2, 0) is 6.61 Å². The molecule has 186 valence electrons. The maximum absolute atomic E-state index is 11.5. The Morgan fingerprint density at radius 3 is 2.47 bits per heavy atom. The van der Waals surface area contributed by atoms with Gasteiger partial charge in [-0.1, -0.05) is 57.5 Å². The SMILES string of the molecule is COc1ccc(-n2c(C)nnc2S[C@H](C[N+](=O)[O-])c2ccc(OCc3ccc(Br)cc3)c(Cl)c2)cc1. The van der Waals surface area contributed by atoms with Gasteiger partial charge in [-0.2, -0.15) is 0 Å². The number of ether oxygens (including phenoxy) is 2. The summed E-state index contributed by atoms with van der Waals surface area (Å²) in [6, 6.07) is 20.5. The maximum Gasteiger partial charge on any atom is 0.220 e. The second-order valence-electron chi connectivity index (χ2n) is 7.79. The fourth-order valence-corrected chi connectivity index (χ4v) is 5.17. The van der Waals surface area contributed by atoms with Crippen molar-refractivity contribution in [1.29, 1.82) is 0 Å². The number of rotatable bonds is 10. The van der Waals surface area contributed by atoms with Crippen LogP contribution >= 0.6 is 39.3 Å². The monoisotopic (exact) mass is 588 g/mol. The molecule has 0 spiro atoms. The van der Waals surface area contributed by atoms with Gasteiger partial charge in [0.25, 0.3) is 0 Å². The number of benzene rings is 3. The summed E-state index contributed by atoms with van der Waals surface area (Å²) in [5, 5.41) is 20.4. The molecule has 0 aliphatic carbocycles. The number of thioether (sulfide) groups is 1. The first kappa shape index (κ1) is 26.0. The average molecular weight is 590 g/mol. The second-order valence-corrected chi connectivity index (χ2v) is 10.3. The fourth-order valence-electron chi connectivity index (χ4n) is 3.50. The molecule has 3 aromatic carbocycles. The Morgan fingerprint density at radius 1 is 1.11 bits per heavy atom. The summed E-state index contributed by atoms with van der Waals surface area (Å²) in [5.74, 6) is 1.89. The van der Waals surface area contributed by atoms with Crippen molar-refractivity contribution in [1.82, 2.24) is 14.8 Å². The van der Waals surface area contributed by atoms with Gasteiger partial charge in [0.2, 0.25) is 6.54 Å². The molecule has 4 rings (SSSR count). The number of hydrogen-bond acceptors (Lipinski definition) is 7. The zero-order valence-electron chi connectivity index (χ0n) is 19.4. The summed E-state index contributed by atoms with van der Waals surface area (Å²) in [6.45, 7) is 1.87. The van der Waals surface area contributed by atoms with E-state index in [-0.39, 0.29) is 11.5 Å². The van der Waals surface area contributed by atoms with Gasteiger partial charge in [-0.15, -0.1) is 10.2 Å². The Morgan fingerprint density at radius 2 is 1.83 bits per heavy atom. The van der Waals surface area contributed by atoms with E-state index in [2.05, 4.69) is 26.1 Å². The van der Waals surface area contributed by atoms with E-state index in [9.17, 15) is 10.1 Å². The second kappa shape index (κ2) is 11.8. The van der Waals surface area contributed by atoms with Gasteiger partial charge in [-0.05, 0) is 66.6 Å². The van der Waals surface area contributed by atoms with Gasteiger partial charge in [0.1, 0.15) is 29.2 Å². The third-order valence-corrected chi connectivity index (χ3v) is 7.33. The minimum atomic E-state index is -0.543. The van der Waals surface area contributed by atoms with Crippen LogP contribution in [0.15, 0.2) is 76.4 Å². The summed E-state index contributed by atoms with van der Waals surface area (Å²) in [6.07, 6.45) is 0. The number of halogens is 2. The number of aromatic nitrogens is 3. The summed E-state index contributed by atoms with van der Waals surface area (Å²) in [4.78, 5) is 11.2. The highest BCUT2D eigenvalue weighted by molar-refractivity contribution is 9.10. The Kier molecular flexibility index (Phi) is 8.50. The van der Waals surface area contributed by atoms with E-state index < -0.39 is 5.25 Å². The van der Waals surface area contributed by atoms with Crippen molar-refractivity contribution in [2.45, 2.75) is 23.9 Å². The number of aryl methyl sites for hydroxylation is 1. The Bertz CT molecular complexity index is 1350. The van der Waals surface area contributed by atoms with Crippen LogP contribution in [0.4, 0.5) is 0 Å². The lowest BCUT2D eigenvalue weighted by Crippen LogP contribution is -2.11. The summed E-state index contributed by atoms with van der Waals surface area (Å²) in [7, 11) is 1.60. The molecule has 0 unspecified atom stereocenters. The lowest BCUT2D eigenvalue weighted by Gasteiger charge is -2.16. The summed E-state index contributed by atoms with van der Waals surface area (Å²) >= 11 is 11.2. The van der Waals surface area contributed by atoms with Gasteiger partial charge in [-0.25, -0.2) is 0 Å². The van der Waals surface area contributed by atoms with Crippen LogP contribution in [0.2, 0.25) is 5.02 Å². The zero-order valence-corrected chi connectivity index (χ0v) is 22.6. The Labute approximate surface area is 225 Å². The van der Waals surface area contributed by atoms with Gasteiger partial charge in [0.15, 0.2) is 5.16 Å². The third-order valence-electron chi connectivity index (χ3n) is 5.32. The van der Waals surface area contributed by atoms with Crippen LogP contribution in [0, 0.1) is 17.0 Å². The van der Waals surface area contributed by atoms with Crippen molar-refractivity contribution >= 4 is 39.3 Å². The van der Waals surface area contributed by atoms with Gasteiger partial charge in [0.05, 0.1) is 12.1 Å². The lowest BCUT2D eigenvalue weighted by molar-refractivity contribution is -0.479. The van der Waals surface area contributed by atoms with E-state index in [1.165, 1.54) is 11.8 Å². The quantitative estimate of drug-likeness (QED) is 0.116. The van der Waals surface area contributed by atoms with E-state index in [4.69, 9.17) is 21.1 Å². The standard InChI is InChI=1S/C25H22BrClN4O4S/c1-16-28-29-25(31(16)20-8-10-21(34-2)11-9-20)36-24(14-30(32)33)18-5-12-23(22(27)13-18)35-15-17-3-6-19(26)7-4-17/h3-13,24H,14-15H2,1-2H3/t24-/m1/s1. The maximum atomic E-state index is 11.5. The van der Waals surface area contributed by atoms with Crippen molar-refractivity contribution in [3.05, 3.63) is 103 Å². The molecule has 1 heterocycles. The number of nitro groups is 1. The molecule has 0 N–H and O–H groups in total. The van der Waals surface area contributed by atoms with Gasteiger partial charge >= 0.3 is 0 Å². The van der Waals surface area contributed by atoms with Gasteiger partial charge in [0, 0.05) is 15.1 Å². The molecular weight excluding hydrogens is 568 g/mol. The molecule has 0 fully saturated rings. The average Bonchev–Trinajstić information content (AvgIpc) is 3.23. The molecule has 1 atom stereocenters. The van der Waals surface area contributed by atoms with E-state index in [1.54, 1.807) is 25.3 Å². The number of hydrogen-bond donors (Lipinski definition) is 0. The first-order valence-electron chi connectivity index (χ1n) is 10.9. The van der Waals surface area contributed by atoms with Crippen molar-refractivity contribution in [3.63, 3.8) is 0 Å². The van der Waals surface area contributed by atoms with E-state index >= 15 is 0 Å². The molecule has 8 nitrogen and oxygen atoms in total. The van der Waals surface area contributed by atoms with Crippen molar-refractivity contribution < 1.29 is 14.4 Å². The van der Waals surface area contributed by atoms with E-state index in [1.807, 2.05) is 60.0 Å². The first-order valence-corrected chi connectivity index (χ1v) is 12.9. The normalized spacial score (nSPS) is 11.8. The number of methoxy groups -OCH3 is 1. The molecule has 0 bridgehead atoms. The molecule has 36 heavy (non-hydrogen) atoms. The molecule has 0 amide bonds. The smallest absolute Gasteiger partial charge is 0.220 e. The lowest BCUT2D eigenvalue weighted by atomic mass is 10.1. The third kappa shape index (κ3) is 6.37. The van der Waals surface area contributed by atoms with Crippen LogP contribution < -0.4 is 9.47 Å². The van der Waals surface area contributed by atoms with Crippen molar-refractivity contribution in [2.75, 3.05) is 13.7 Å². The van der Waals surface area contributed by atoms with Crippen molar-refractivity contribution in [2.24, 2.45) is 0 Å². The molecule has 0 aliphatic heterocycles. The predicted molar refractivity (Wildman–Crippen MR) is 143 cm³/mol. The molecule has 0 aliphatic rings. The topological polar surface area (TPSA) is 92.3 Å². The largest absolute Gasteiger partial charge is 0.497 e. The Hall–Kier alpha value is -3.08. The molecule has 1 aromatic heterocycles. The molecule has 4 aromatic rings. The zero-order chi connectivity index (χ0) is 25.7. The predicted octanol–water partition coefficient (Wildman–Crippen LogP) is 6.69. The van der Waals surface area contributed by atoms with Crippen LogP contribution in [0.1, 0.15) is 22.2 Å². The number of nitrogens with zero attached hydrogens (tertiary/aromatic N) is 4. The van der Waals surface area contributed by atoms with Gasteiger partial charge in [-0.3, -0.25) is 14.7 Å². The van der Waals surface area contributed by atoms with Crippen LogP contribution in [0.3, 0.4) is 0 Å². The summed E-state index contributed by atoms with van der Waals surface area (Å²) in [5.41, 5.74) is 2.52. The molecular formula is C25H22BrClN4O4S. The molecule has 11 heteroatoms. The minimum Gasteiger partial charge on any atom is -0.497 e. The minimum absolute atomic E-state index is 0.311. The van der Waals surface area contributed by atoms with Crippen molar-refractivity contribution in [3.8, 4) is 17.2 Å². The highest BCUT2D eigenvalue weighted by atomic mass is 79.9.